The molecule has 1 amide bonds. The van der Waals surface area contributed by atoms with Gasteiger partial charge in [0.1, 0.15) is 11.4 Å². The van der Waals surface area contributed by atoms with E-state index in [4.69, 9.17) is 17.3 Å². The van der Waals surface area contributed by atoms with E-state index in [0.29, 0.717) is 22.1 Å². The second-order valence-electron chi connectivity index (χ2n) is 3.98. The smallest absolute Gasteiger partial charge is 0.261 e. The Morgan fingerprint density at radius 2 is 2.22 bits per heavy atom. The Morgan fingerprint density at radius 1 is 1.50 bits per heavy atom. The standard InChI is InChI=1S/C12H13ClN4O/c1-7-3-4-8(13)5-10(7)16-12(18)9-6-15-17(2)11(9)14/h3-6H,14H2,1-2H3,(H,16,18). The number of anilines is 2. The van der Waals surface area contributed by atoms with Crippen LogP contribution >= 0.6 is 11.6 Å². The normalized spacial score (nSPS) is 10.4. The Balaban J connectivity index is 2.27. The SMILES string of the molecule is Cc1ccc(Cl)cc1NC(=O)c1cnn(C)c1N. The van der Waals surface area contributed by atoms with Crippen molar-refractivity contribution in [2.24, 2.45) is 7.05 Å². The summed E-state index contributed by atoms with van der Waals surface area (Å²) in [6.45, 7) is 1.89. The Morgan fingerprint density at radius 3 is 2.83 bits per heavy atom. The fourth-order valence-electron chi connectivity index (χ4n) is 1.54. The van der Waals surface area contributed by atoms with Crippen LogP contribution in [-0.4, -0.2) is 15.7 Å². The van der Waals surface area contributed by atoms with Crippen molar-refractivity contribution in [2.45, 2.75) is 6.92 Å². The van der Waals surface area contributed by atoms with Crippen molar-refractivity contribution in [2.75, 3.05) is 11.1 Å². The van der Waals surface area contributed by atoms with Crippen LogP contribution in [0.4, 0.5) is 11.5 Å². The number of rotatable bonds is 2. The number of hydrogen-bond acceptors (Lipinski definition) is 3. The number of nitrogen functional groups attached to an aromatic ring is 1. The molecule has 0 spiro atoms. The fraction of sp³-hybridized carbons (Fsp3) is 0.167. The van der Waals surface area contributed by atoms with E-state index in [9.17, 15) is 4.79 Å². The number of aromatic nitrogens is 2. The Bertz CT molecular complexity index is 606. The monoisotopic (exact) mass is 264 g/mol. The highest BCUT2D eigenvalue weighted by atomic mass is 35.5. The van der Waals surface area contributed by atoms with Crippen LogP contribution < -0.4 is 11.1 Å². The number of nitrogens with zero attached hydrogens (tertiary/aromatic N) is 2. The molecule has 1 aromatic heterocycles. The van der Waals surface area contributed by atoms with E-state index in [1.807, 2.05) is 13.0 Å². The number of hydrogen-bond donors (Lipinski definition) is 2. The van der Waals surface area contributed by atoms with Crippen LogP contribution in [0.2, 0.25) is 5.02 Å². The van der Waals surface area contributed by atoms with Crippen LogP contribution in [0.3, 0.4) is 0 Å². The average Bonchev–Trinajstić information content (AvgIpc) is 2.65. The first-order chi connectivity index (χ1) is 8.49. The highest BCUT2D eigenvalue weighted by Gasteiger charge is 2.14. The summed E-state index contributed by atoms with van der Waals surface area (Å²) < 4.78 is 1.44. The van der Waals surface area contributed by atoms with Crippen LogP contribution in [0, 0.1) is 6.92 Å². The largest absolute Gasteiger partial charge is 0.383 e. The summed E-state index contributed by atoms with van der Waals surface area (Å²) in [6, 6.07) is 5.30. The van der Waals surface area contributed by atoms with Gasteiger partial charge in [0, 0.05) is 17.8 Å². The second-order valence-corrected chi connectivity index (χ2v) is 4.42. The van der Waals surface area contributed by atoms with Crippen molar-refractivity contribution >= 4 is 29.0 Å². The number of benzene rings is 1. The van der Waals surface area contributed by atoms with Gasteiger partial charge in [-0.15, -0.1) is 0 Å². The first-order valence-corrected chi connectivity index (χ1v) is 5.72. The van der Waals surface area contributed by atoms with Crippen molar-refractivity contribution in [3.8, 4) is 0 Å². The van der Waals surface area contributed by atoms with Gasteiger partial charge in [-0.1, -0.05) is 17.7 Å². The molecule has 94 valence electrons. The molecular weight excluding hydrogens is 252 g/mol. The zero-order valence-corrected chi connectivity index (χ0v) is 10.8. The molecule has 0 aliphatic carbocycles. The van der Waals surface area contributed by atoms with E-state index in [2.05, 4.69) is 10.4 Å². The minimum atomic E-state index is -0.300. The number of nitrogens with one attached hydrogen (secondary N) is 1. The molecule has 0 saturated heterocycles. The van der Waals surface area contributed by atoms with E-state index in [0.717, 1.165) is 5.56 Å². The van der Waals surface area contributed by atoms with Gasteiger partial charge in [-0.25, -0.2) is 0 Å². The first kappa shape index (κ1) is 12.4. The minimum absolute atomic E-state index is 0.300. The second kappa shape index (κ2) is 4.70. The van der Waals surface area contributed by atoms with Gasteiger partial charge in [0.05, 0.1) is 6.20 Å². The lowest BCUT2D eigenvalue weighted by atomic mass is 10.2. The number of amides is 1. The molecule has 0 unspecified atom stereocenters. The van der Waals surface area contributed by atoms with Gasteiger partial charge in [0.25, 0.3) is 5.91 Å². The van der Waals surface area contributed by atoms with Gasteiger partial charge in [0.15, 0.2) is 0 Å². The lowest BCUT2D eigenvalue weighted by Crippen LogP contribution is -2.14. The molecule has 3 N–H and O–H groups in total. The zero-order valence-electron chi connectivity index (χ0n) is 10.1. The molecular formula is C12H13ClN4O. The molecule has 1 heterocycles. The molecule has 0 aliphatic heterocycles. The van der Waals surface area contributed by atoms with E-state index in [1.54, 1.807) is 19.2 Å². The van der Waals surface area contributed by atoms with Gasteiger partial charge < -0.3 is 11.1 Å². The molecule has 1 aromatic carbocycles. The molecule has 0 radical (unpaired) electrons. The number of aryl methyl sites for hydroxylation is 2. The topological polar surface area (TPSA) is 72.9 Å². The van der Waals surface area contributed by atoms with Gasteiger partial charge in [-0.3, -0.25) is 9.48 Å². The van der Waals surface area contributed by atoms with Crippen LogP contribution in [0.1, 0.15) is 15.9 Å². The summed E-state index contributed by atoms with van der Waals surface area (Å²) in [7, 11) is 1.68. The number of nitrogens with two attached hydrogens (primary N) is 1. The van der Waals surface area contributed by atoms with E-state index >= 15 is 0 Å². The van der Waals surface area contributed by atoms with Crippen LogP contribution in [-0.2, 0) is 7.05 Å². The lowest BCUT2D eigenvalue weighted by Gasteiger charge is -2.08. The lowest BCUT2D eigenvalue weighted by molar-refractivity contribution is 0.102. The minimum Gasteiger partial charge on any atom is -0.383 e. The van der Waals surface area contributed by atoms with E-state index < -0.39 is 0 Å². The van der Waals surface area contributed by atoms with Crippen molar-refractivity contribution in [3.05, 3.63) is 40.5 Å². The maximum atomic E-state index is 12.0. The predicted molar refractivity (Wildman–Crippen MR) is 71.8 cm³/mol. The molecule has 5 nitrogen and oxygen atoms in total. The summed E-state index contributed by atoms with van der Waals surface area (Å²) in [5.74, 6) is 0.0261. The third-order valence-electron chi connectivity index (χ3n) is 2.68. The van der Waals surface area contributed by atoms with Gasteiger partial charge in [-0.2, -0.15) is 5.10 Å². The van der Waals surface area contributed by atoms with E-state index in [-0.39, 0.29) is 5.91 Å². The van der Waals surface area contributed by atoms with Crippen molar-refractivity contribution in [1.29, 1.82) is 0 Å². The molecule has 0 saturated carbocycles. The van der Waals surface area contributed by atoms with Gasteiger partial charge >= 0.3 is 0 Å². The molecule has 2 aromatic rings. The number of carbonyl (C=O) groups excluding carboxylic acids is 1. The average molecular weight is 265 g/mol. The maximum Gasteiger partial charge on any atom is 0.261 e. The van der Waals surface area contributed by atoms with Crippen LogP contribution in [0.15, 0.2) is 24.4 Å². The summed E-state index contributed by atoms with van der Waals surface area (Å²) in [4.78, 5) is 12.0. The van der Waals surface area contributed by atoms with Gasteiger partial charge in [0.2, 0.25) is 0 Å². The maximum absolute atomic E-state index is 12.0. The zero-order chi connectivity index (χ0) is 13.3. The summed E-state index contributed by atoms with van der Waals surface area (Å²) in [6.07, 6.45) is 1.44. The first-order valence-electron chi connectivity index (χ1n) is 5.34. The summed E-state index contributed by atoms with van der Waals surface area (Å²) in [5.41, 5.74) is 7.67. The third kappa shape index (κ3) is 2.31. The highest BCUT2D eigenvalue weighted by molar-refractivity contribution is 6.31. The molecule has 0 bridgehead atoms. The predicted octanol–water partition coefficient (Wildman–Crippen LogP) is 2.22. The molecule has 2 rings (SSSR count). The van der Waals surface area contributed by atoms with Crippen molar-refractivity contribution in [3.63, 3.8) is 0 Å². The molecule has 6 heteroatoms. The number of carbonyl (C=O) groups is 1. The summed E-state index contributed by atoms with van der Waals surface area (Å²) in [5, 5.41) is 7.25. The number of halogens is 1. The van der Waals surface area contributed by atoms with Crippen molar-refractivity contribution in [1.82, 2.24) is 9.78 Å². The Hall–Kier alpha value is -2.01. The van der Waals surface area contributed by atoms with Crippen LogP contribution in [0.25, 0.3) is 0 Å². The summed E-state index contributed by atoms with van der Waals surface area (Å²) >= 11 is 5.89. The molecule has 18 heavy (non-hydrogen) atoms. The van der Waals surface area contributed by atoms with E-state index in [1.165, 1.54) is 10.9 Å². The van der Waals surface area contributed by atoms with Gasteiger partial charge in [-0.05, 0) is 24.6 Å². The molecule has 0 aliphatic rings. The molecule has 0 atom stereocenters. The highest BCUT2D eigenvalue weighted by Crippen LogP contribution is 2.21. The fourth-order valence-corrected chi connectivity index (χ4v) is 1.71. The van der Waals surface area contributed by atoms with Crippen LogP contribution in [0.5, 0.6) is 0 Å². The van der Waals surface area contributed by atoms with Crippen molar-refractivity contribution < 1.29 is 4.79 Å². The Kier molecular flexibility index (Phi) is 3.25. The molecule has 0 fully saturated rings. The quantitative estimate of drug-likeness (QED) is 0.873. The third-order valence-corrected chi connectivity index (χ3v) is 2.91. The Labute approximate surface area is 110 Å².